The molecule has 2 aromatic heterocycles. The van der Waals surface area contributed by atoms with Crippen molar-refractivity contribution in [2.24, 2.45) is 0 Å². The highest BCUT2D eigenvalue weighted by Crippen LogP contribution is 2.18. The maximum atomic E-state index is 10.3. The number of aryl methyl sites for hydroxylation is 3. The van der Waals surface area contributed by atoms with E-state index in [4.69, 9.17) is 0 Å². The highest BCUT2D eigenvalue weighted by atomic mass is 16.3. The van der Waals surface area contributed by atoms with Crippen LogP contribution in [0.2, 0.25) is 0 Å². The molecule has 0 aliphatic carbocycles. The molecule has 0 amide bonds. The summed E-state index contributed by atoms with van der Waals surface area (Å²) in [5.74, 6) is 0. The number of hydrogen-bond donors (Lipinski definition) is 1. The van der Waals surface area contributed by atoms with Crippen LogP contribution in [0.25, 0.3) is 0 Å². The fourth-order valence-corrected chi connectivity index (χ4v) is 2.17. The Balaban J connectivity index is 2.13. The molecule has 0 aliphatic heterocycles. The summed E-state index contributed by atoms with van der Waals surface area (Å²) in [6, 6.07) is 2.08. The normalized spacial score (nSPS) is 12.8. The van der Waals surface area contributed by atoms with Gasteiger partial charge in [-0.2, -0.15) is 10.2 Å². The minimum Gasteiger partial charge on any atom is -0.388 e. The van der Waals surface area contributed by atoms with Crippen LogP contribution in [-0.4, -0.2) is 24.7 Å². The number of aliphatic hydroxyl groups is 1. The Morgan fingerprint density at radius 2 is 2.05 bits per heavy atom. The lowest BCUT2D eigenvalue weighted by atomic mass is 10.1. The van der Waals surface area contributed by atoms with Crippen LogP contribution in [0.5, 0.6) is 0 Å². The lowest BCUT2D eigenvalue weighted by Crippen LogP contribution is -2.08. The van der Waals surface area contributed by atoms with E-state index >= 15 is 0 Å². The van der Waals surface area contributed by atoms with Gasteiger partial charge in [0.15, 0.2) is 0 Å². The smallest absolute Gasteiger partial charge is 0.0875 e. The Hall–Kier alpha value is -1.62. The molecule has 1 N–H and O–H groups in total. The Morgan fingerprint density at radius 3 is 2.63 bits per heavy atom. The van der Waals surface area contributed by atoms with E-state index in [-0.39, 0.29) is 0 Å². The maximum Gasteiger partial charge on any atom is 0.0875 e. The van der Waals surface area contributed by atoms with Crippen molar-refractivity contribution in [2.45, 2.75) is 52.8 Å². The molecule has 19 heavy (non-hydrogen) atoms. The second-order valence-electron chi connectivity index (χ2n) is 4.65. The van der Waals surface area contributed by atoms with Gasteiger partial charge in [-0.05, 0) is 26.3 Å². The average Bonchev–Trinajstić information content (AvgIpc) is 3.04. The first-order chi connectivity index (χ1) is 9.17. The summed E-state index contributed by atoms with van der Waals surface area (Å²) >= 11 is 0. The zero-order chi connectivity index (χ0) is 13.8. The van der Waals surface area contributed by atoms with Gasteiger partial charge in [-0.3, -0.25) is 9.36 Å². The molecule has 104 valence electrons. The van der Waals surface area contributed by atoms with E-state index in [0.29, 0.717) is 6.42 Å². The average molecular weight is 262 g/mol. The fraction of sp³-hybridized carbons (Fsp3) is 0.571. The minimum absolute atomic E-state index is 0.521. The first kappa shape index (κ1) is 13.8. The number of rotatable bonds is 6. The van der Waals surface area contributed by atoms with E-state index in [2.05, 4.69) is 30.1 Å². The van der Waals surface area contributed by atoms with Crippen LogP contribution in [-0.2, 0) is 25.9 Å². The summed E-state index contributed by atoms with van der Waals surface area (Å²) in [6.07, 6.45) is 4.62. The van der Waals surface area contributed by atoms with Crippen molar-refractivity contribution in [1.82, 2.24) is 19.6 Å². The van der Waals surface area contributed by atoms with Gasteiger partial charge in [0.1, 0.15) is 0 Å². The predicted molar refractivity (Wildman–Crippen MR) is 73.8 cm³/mol. The summed E-state index contributed by atoms with van der Waals surface area (Å²) in [4.78, 5) is 0. The highest BCUT2D eigenvalue weighted by molar-refractivity contribution is 5.16. The molecule has 0 spiro atoms. The molecule has 0 fully saturated rings. The summed E-state index contributed by atoms with van der Waals surface area (Å²) in [5, 5.41) is 19.0. The molecule has 1 unspecified atom stereocenters. The van der Waals surface area contributed by atoms with E-state index in [1.807, 2.05) is 22.5 Å². The molecule has 2 heterocycles. The lowest BCUT2D eigenvalue weighted by molar-refractivity contribution is 0.175. The van der Waals surface area contributed by atoms with Crippen LogP contribution < -0.4 is 0 Å². The third-order valence-corrected chi connectivity index (χ3v) is 3.34. The molecule has 0 bridgehead atoms. The Labute approximate surface area is 113 Å². The van der Waals surface area contributed by atoms with Crippen LogP contribution in [0.3, 0.4) is 0 Å². The number of hydrogen-bond acceptors (Lipinski definition) is 3. The maximum absolute atomic E-state index is 10.3. The Morgan fingerprint density at radius 1 is 1.26 bits per heavy atom. The predicted octanol–water partition coefficient (Wildman–Crippen LogP) is 1.96. The molecule has 0 aromatic carbocycles. The molecule has 1 atom stereocenters. The second-order valence-corrected chi connectivity index (χ2v) is 4.65. The van der Waals surface area contributed by atoms with Crippen LogP contribution in [0.4, 0.5) is 0 Å². The first-order valence-corrected chi connectivity index (χ1v) is 6.93. The van der Waals surface area contributed by atoms with Gasteiger partial charge in [0.25, 0.3) is 0 Å². The van der Waals surface area contributed by atoms with Crippen LogP contribution in [0.15, 0.2) is 18.5 Å². The van der Waals surface area contributed by atoms with Gasteiger partial charge < -0.3 is 5.11 Å². The van der Waals surface area contributed by atoms with Gasteiger partial charge in [0, 0.05) is 37.0 Å². The fourth-order valence-electron chi connectivity index (χ4n) is 2.17. The largest absolute Gasteiger partial charge is 0.388 e. The SMILES string of the molecule is CCc1cc(CC(O)c2cnn(CC)c2)n(CC)n1. The second kappa shape index (κ2) is 6.02. The molecule has 0 saturated carbocycles. The number of aliphatic hydroxyl groups excluding tert-OH is 1. The summed E-state index contributed by atoms with van der Waals surface area (Å²) in [5.41, 5.74) is 3.02. The van der Waals surface area contributed by atoms with Gasteiger partial charge in [-0.15, -0.1) is 0 Å². The quantitative estimate of drug-likeness (QED) is 0.865. The lowest BCUT2D eigenvalue weighted by Gasteiger charge is -2.09. The zero-order valence-corrected chi connectivity index (χ0v) is 11.9. The van der Waals surface area contributed by atoms with E-state index in [1.165, 1.54) is 0 Å². The molecular weight excluding hydrogens is 240 g/mol. The van der Waals surface area contributed by atoms with E-state index in [1.54, 1.807) is 6.20 Å². The van der Waals surface area contributed by atoms with Crippen molar-refractivity contribution >= 4 is 0 Å². The van der Waals surface area contributed by atoms with E-state index < -0.39 is 6.10 Å². The van der Waals surface area contributed by atoms with E-state index in [9.17, 15) is 5.11 Å². The Kier molecular flexibility index (Phi) is 4.37. The van der Waals surface area contributed by atoms with Crippen molar-refractivity contribution in [2.75, 3.05) is 0 Å². The minimum atomic E-state index is -0.521. The van der Waals surface area contributed by atoms with Crippen LogP contribution >= 0.6 is 0 Å². The molecule has 2 rings (SSSR count). The first-order valence-electron chi connectivity index (χ1n) is 6.93. The summed E-state index contributed by atoms with van der Waals surface area (Å²) in [6.45, 7) is 7.84. The third kappa shape index (κ3) is 3.04. The van der Waals surface area contributed by atoms with Crippen LogP contribution in [0, 0.1) is 0 Å². The van der Waals surface area contributed by atoms with Crippen LogP contribution in [0.1, 0.15) is 43.8 Å². The van der Waals surface area contributed by atoms with Gasteiger partial charge in [0.05, 0.1) is 18.0 Å². The van der Waals surface area contributed by atoms with E-state index in [0.717, 1.165) is 36.5 Å². The molecule has 2 aromatic rings. The molecule has 0 aliphatic rings. The Bertz CT molecular complexity index is 529. The molecule has 0 saturated heterocycles. The van der Waals surface area contributed by atoms with Crippen molar-refractivity contribution in [3.63, 3.8) is 0 Å². The van der Waals surface area contributed by atoms with Crippen molar-refractivity contribution < 1.29 is 5.11 Å². The van der Waals surface area contributed by atoms with Gasteiger partial charge >= 0.3 is 0 Å². The molecule has 0 radical (unpaired) electrons. The number of nitrogens with zero attached hydrogens (tertiary/aromatic N) is 4. The molecular formula is C14H22N4O. The third-order valence-electron chi connectivity index (χ3n) is 3.34. The summed E-state index contributed by atoms with van der Waals surface area (Å²) in [7, 11) is 0. The summed E-state index contributed by atoms with van der Waals surface area (Å²) < 4.78 is 3.79. The highest BCUT2D eigenvalue weighted by Gasteiger charge is 2.14. The zero-order valence-electron chi connectivity index (χ0n) is 11.9. The van der Waals surface area contributed by atoms with Crippen molar-refractivity contribution in [3.8, 4) is 0 Å². The molecule has 5 heteroatoms. The topological polar surface area (TPSA) is 55.9 Å². The van der Waals surface area contributed by atoms with Gasteiger partial charge in [-0.1, -0.05) is 6.92 Å². The number of aromatic nitrogens is 4. The molecule has 5 nitrogen and oxygen atoms in total. The standard InChI is InChI=1S/C14H22N4O/c1-4-12-7-13(18(6-3)16-12)8-14(19)11-9-15-17(5-2)10-11/h7,9-10,14,19H,4-6,8H2,1-3H3. The van der Waals surface area contributed by atoms with Crippen molar-refractivity contribution in [1.29, 1.82) is 0 Å². The van der Waals surface area contributed by atoms with Gasteiger partial charge in [-0.25, -0.2) is 0 Å². The van der Waals surface area contributed by atoms with Crippen molar-refractivity contribution in [3.05, 3.63) is 35.4 Å². The monoisotopic (exact) mass is 262 g/mol. The van der Waals surface area contributed by atoms with Gasteiger partial charge in [0.2, 0.25) is 0 Å².